The highest BCUT2D eigenvalue weighted by Crippen LogP contribution is 2.10. The van der Waals surface area contributed by atoms with Crippen molar-refractivity contribution in [3.05, 3.63) is 34.9 Å². The van der Waals surface area contributed by atoms with Crippen LogP contribution in [0, 0.1) is 0 Å². The Bertz CT molecular complexity index is 339. The van der Waals surface area contributed by atoms with Gasteiger partial charge >= 0.3 is 0 Å². The highest BCUT2D eigenvalue weighted by atomic mass is 35.5. The van der Waals surface area contributed by atoms with Gasteiger partial charge in [0, 0.05) is 25.0 Å². The summed E-state index contributed by atoms with van der Waals surface area (Å²) in [5, 5.41) is 0.739. The van der Waals surface area contributed by atoms with Crippen LogP contribution in [0.5, 0.6) is 0 Å². The summed E-state index contributed by atoms with van der Waals surface area (Å²) in [6.07, 6.45) is 1.35. The Morgan fingerprint density at radius 3 is 2.56 bits per heavy atom. The van der Waals surface area contributed by atoms with Crippen LogP contribution in [0.1, 0.15) is 12.0 Å². The molecule has 1 aromatic carbocycles. The van der Waals surface area contributed by atoms with Crippen molar-refractivity contribution >= 4 is 30.1 Å². The molecule has 0 aromatic heterocycles. The lowest BCUT2D eigenvalue weighted by Gasteiger charge is -2.16. The molecule has 1 amide bonds. The predicted molar refractivity (Wildman–Crippen MR) is 71.3 cm³/mol. The molecule has 0 unspecified atom stereocenters. The number of nitrogens with zero attached hydrogens (tertiary/aromatic N) is 1. The van der Waals surface area contributed by atoms with E-state index in [2.05, 4.69) is 12.6 Å². The topological polar surface area (TPSA) is 20.3 Å². The molecule has 0 atom stereocenters. The number of carbonyl (C=O) groups is 1. The van der Waals surface area contributed by atoms with Gasteiger partial charge in [-0.2, -0.15) is 12.6 Å². The van der Waals surface area contributed by atoms with Crippen LogP contribution < -0.4 is 0 Å². The number of halogens is 1. The van der Waals surface area contributed by atoms with E-state index in [0.717, 1.165) is 18.0 Å². The Kier molecular flexibility index (Phi) is 5.71. The Hall–Kier alpha value is -0.670. The zero-order valence-corrected chi connectivity index (χ0v) is 11.0. The summed E-state index contributed by atoms with van der Waals surface area (Å²) < 4.78 is 0. The van der Waals surface area contributed by atoms with Crippen molar-refractivity contribution < 1.29 is 4.79 Å². The van der Waals surface area contributed by atoms with E-state index >= 15 is 0 Å². The van der Waals surface area contributed by atoms with Crippen LogP contribution in [-0.4, -0.2) is 30.2 Å². The van der Waals surface area contributed by atoms with Gasteiger partial charge in [0.25, 0.3) is 0 Å². The lowest BCUT2D eigenvalue weighted by molar-refractivity contribution is -0.129. The molecule has 0 bridgehead atoms. The van der Waals surface area contributed by atoms with Crippen molar-refractivity contribution in [1.29, 1.82) is 0 Å². The number of amides is 1. The predicted octanol–water partition coefficient (Wildman–Crippen LogP) is 2.66. The molecule has 0 heterocycles. The second-order valence-electron chi connectivity index (χ2n) is 3.67. The zero-order chi connectivity index (χ0) is 12.0. The summed E-state index contributed by atoms with van der Waals surface area (Å²) in [4.78, 5) is 13.2. The fourth-order valence-electron chi connectivity index (χ4n) is 1.36. The first-order valence-electron chi connectivity index (χ1n) is 5.22. The quantitative estimate of drug-likeness (QED) is 0.805. The summed E-state index contributed by atoms with van der Waals surface area (Å²) in [5.74, 6) is 0.744. The van der Waals surface area contributed by atoms with Crippen LogP contribution in [0.2, 0.25) is 5.02 Å². The van der Waals surface area contributed by atoms with Crippen molar-refractivity contribution in [1.82, 2.24) is 4.90 Å². The third-order valence-corrected chi connectivity index (χ3v) is 2.88. The number of likely N-dealkylation sites (N-methyl/N-ethyl adjacent to an activating group) is 1. The van der Waals surface area contributed by atoms with Gasteiger partial charge in [-0.05, 0) is 29.9 Å². The maximum atomic E-state index is 11.5. The Labute approximate surface area is 107 Å². The molecule has 0 N–H and O–H groups in total. The van der Waals surface area contributed by atoms with Crippen molar-refractivity contribution in [2.45, 2.75) is 12.8 Å². The van der Waals surface area contributed by atoms with Gasteiger partial charge in [-0.25, -0.2) is 0 Å². The van der Waals surface area contributed by atoms with Crippen LogP contribution in [0.3, 0.4) is 0 Å². The van der Waals surface area contributed by atoms with Gasteiger partial charge in [0.1, 0.15) is 0 Å². The Morgan fingerprint density at radius 1 is 1.38 bits per heavy atom. The van der Waals surface area contributed by atoms with Crippen molar-refractivity contribution in [3.8, 4) is 0 Å². The minimum Gasteiger partial charge on any atom is -0.345 e. The van der Waals surface area contributed by atoms with E-state index in [1.165, 1.54) is 5.56 Å². The minimum atomic E-state index is 0.143. The highest BCUT2D eigenvalue weighted by molar-refractivity contribution is 7.80. The maximum absolute atomic E-state index is 11.5. The molecule has 0 saturated carbocycles. The summed E-state index contributed by atoms with van der Waals surface area (Å²) in [7, 11) is 1.82. The van der Waals surface area contributed by atoms with Gasteiger partial charge in [-0.1, -0.05) is 23.7 Å². The monoisotopic (exact) mass is 257 g/mol. The minimum absolute atomic E-state index is 0.143. The van der Waals surface area contributed by atoms with E-state index in [1.807, 2.05) is 31.3 Å². The number of carbonyl (C=O) groups excluding carboxylic acids is 1. The first-order chi connectivity index (χ1) is 7.63. The van der Waals surface area contributed by atoms with E-state index in [0.29, 0.717) is 12.2 Å². The summed E-state index contributed by atoms with van der Waals surface area (Å²) >= 11 is 9.83. The van der Waals surface area contributed by atoms with Gasteiger partial charge in [-0.3, -0.25) is 4.79 Å². The van der Waals surface area contributed by atoms with E-state index in [1.54, 1.807) is 4.90 Å². The van der Waals surface area contributed by atoms with Gasteiger partial charge in [0.15, 0.2) is 0 Å². The summed E-state index contributed by atoms with van der Waals surface area (Å²) in [5.41, 5.74) is 1.19. The molecule has 88 valence electrons. The lowest BCUT2D eigenvalue weighted by atomic mass is 10.1. The first-order valence-corrected chi connectivity index (χ1v) is 6.24. The molecule has 0 saturated heterocycles. The van der Waals surface area contributed by atoms with Crippen LogP contribution in [0.4, 0.5) is 0 Å². The van der Waals surface area contributed by atoms with E-state index in [-0.39, 0.29) is 5.91 Å². The molecule has 0 aliphatic rings. The fourth-order valence-corrected chi connectivity index (χ4v) is 1.68. The van der Waals surface area contributed by atoms with Gasteiger partial charge < -0.3 is 4.90 Å². The lowest BCUT2D eigenvalue weighted by Crippen LogP contribution is -2.28. The Balaban J connectivity index is 2.39. The van der Waals surface area contributed by atoms with E-state index < -0.39 is 0 Å². The fraction of sp³-hybridized carbons (Fsp3) is 0.417. The zero-order valence-electron chi connectivity index (χ0n) is 9.32. The molecule has 0 aliphatic carbocycles. The van der Waals surface area contributed by atoms with Crippen LogP contribution in [0.25, 0.3) is 0 Å². The molecule has 0 aliphatic heterocycles. The van der Waals surface area contributed by atoms with Crippen molar-refractivity contribution in [3.63, 3.8) is 0 Å². The van der Waals surface area contributed by atoms with Crippen LogP contribution in [-0.2, 0) is 11.2 Å². The molecule has 1 aromatic rings. The molecule has 0 fully saturated rings. The molecule has 4 heteroatoms. The third-order valence-electron chi connectivity index (χ3n) is 2.40. The SMILES string of the molecule is CN(CCc1ccc(Cl)cc1)C(=O)CCS. The van der Waals surface area contributed by atoms with Crippen LogP contribution in [0.15, 0.2) is 24.3 Å². The molecular weight excluding hydrogens is 242 g/mol. The maximum Gasteiger partial charge on any atom is 0.223 e. The first kappa shape index (κ1) is 13.4. The van der Waals surface area contributed by atoms with E-state index in [4.69, 9.17) is 11.6 Å². The summed E-state index contributed by atoms with van der Waals surface area (Å²) in [6.45, 7) is 0.730. The number of hydrogen-bond donors (Lipinski definition) is 1. The number of benzene rings is 1. The molecular formula is C12H16ClNOS. The standard InChI is InChI=1S/C12H16ClNOS/c1-14(12(15)7-9-16)8-6-10-2-4-11(13)5-3-10/h2-5,16H,6-9H2,1H3. The second kappa shape index (κ2) is 6.81. The van der Waals surface area contributed by atoms with Crippen molar-refractivity contribution in [2.24, 2.45) is 0 Å². The number of thiol groups is 1. The molecule has 0 radical (unpaired) electrons. The van der Waals surface area contributed by atoms with Gasteiger partial charge in [0.2, 0.25) is 5.91 Å². The largest absolute Gasteiger partial charge is 0.345 e. The van der Waals surface area contributed by atoms with Gasteiger partial charge in [0.05, 0.1) is 0 Å². The number of hydrogen-bond acceptors (Lipinski definition) is 2. The second-order valence-corrected chi connectivity index (χ2v) is 4.55. The highest BCUT2D eigenvalue weighted by Gasteiger charge is 2.06. The normalized spacial score (nSPS) is 10.2. The summed E-state index contributed by atoms with van der Waals surface area (Å²) in [6, 6.07) is 7.71. The smallest absolute Gasteiger partial charge is 0.223 e. The Morgan fingerprint density at radius 2 is 2.00 bits per heavy atom. The van der Waals surface area contributed by atoms with Crippen LogP contribution >= 0.6 is 24.2 Å². The van der Waals surface area contributed by atoms with E-state index in [9.17, 15) is 4.79 Å². The number of rotatable bonds is 5. The molecule has 0 spiro atoms. The molecule has 1 rings (SSSR count). The molecule has 16 heavy (non-hydrogen) atoms. The van der Waals surface area contributed by atoms with Crippen molar-refractivity contribution in [2.75, 3.05) is 19.3 Å². The molecule has 2 nitrogen and oxygen atoms in total. The third kappa shape index (κ3) is 4.45. The average molecular weight is 258 g/mol. The average Bonchev–Trinajstić information content (AvgIpc) is 2.28. The van der Waals surface area contributed by atoms with Gasteiger partial charge in [-0.15, -0.1) is 0 Å².